The number of hydrogen-bond donors (Lipinski definition) is 0. The van der Waals surface area contributed by atoms with Crippen molar-refractivity contribution >= 4 is 13.2 Å². The van der Waals surface area contributed by atoms with Gasteiger partial charge in [-0.2, -0.15) is 0 Å². The summed E-state index contributed by atoms with van der Waals surface area (Å²) >= 11 is 0. The summed E-state index contributed by atoms with van der Waals surface area (Å²) in [5.41, 5.74) is 1.34. The van der Waals surface area contributed by atoms with Gasteiger partial charge in [-0.15, -0.1) is 0 Å². The largest absolute Gasteiger partial charge is 0.339 e. The van der Waals surface area contributed by atoms with Gasteiger partial charge in [0.05, 0.1) is 10.7 Å². The van der Waals surface area contributed by atoms with Crippen LogP contribution in [-0.4, -0.2) is 22.3 Å². The number of hydrogen-bond acceptors (Lipinski definition) is 3. The smallest absolute Gasteiger partial charge is 0.173 e. The highest BCUT2D eigenvalue weighted by Gasteiger charge is 2.71. The van der Waals surface area contributed by atoms with E-state index in [1.165, 1.54) is 10.9 Å². The summed E-state index contributed by atoms with van der Waals surface area (Å²) in [6.45, 7) is 10.8. The molecule has 0 spiro atoms. The summed E-state index contributed by atoms with van der Waals surface area (Å²) in [5.74, 6) is -1.04. The van der Waals surface area contributed by atoms with Gasteiger partial charge in [0.1, 0.15) is 0 Å². The second kappa shape index (κ2) is 3.89. The average molecular weight is 306 g/mol. The molecular weight excluding hydrogens is 283 g/mol. The molecule has 3 nitrogen and oxygen atoms in total. The third-order valence-corrected chi connectivity index (χ3v) is 8.28. The molecule has 1 aromatic carbocycles. The van der Waals surface area contributed by atoms with Crippen molar-refractivity contribution in [3.8, 4) is 0 Å². The van der Waals surface area contributed by atoms with Gasteiger partial charge in [-0.1, -0.05) is 24.3 Å². The summed E-state index contributed by atoms with van der Waals surface area (Å²) in [4.78, 5) is 0. The molecule has 21 heavy (non-hydrogen) atoms. The molecule has 4 saturated heterocycles. The second-order valence-corrected chi connectivity index (χ2v) is 10.4. The topological polar surface area (TPSA) is 27.7 Å². The highest BCUT2D eigenvalue weighted by Crippen LogP contribution is 2.75. The highest BCUT2D eigenvalue weighted by atomic mass is 31.1. The minimum absolute atomic E-state index is 0.186. The van der Waals surface area contributed by atoms with E-state index in [1.54, 1.807) is 0 Å². The molecule has 0 aromatic heterocycles. The minimum atomic E-state index is -0.574. The van der Waals surface area contributed by atoms with Crippen LogP contribution in [0.1, 0.15) is 46.1 Å². The Bertz CT molecular complexity index is 570. The quantitative estimate of drug-likeness (QED) is 0.738. The molecule has 0 saturated carbocycles. The van der Waals surface area contributed by atoms with Gasteiger partial charge in [0.2, 0.25) is 0 Å². The molecule has 0 amide bonds. The molecule has 0 aliphatic carbocycles. The Morgan fingerprint density at radius 1 is 0.857 bits per heavy atom. The van der Waals surface area contributed by atoms with Crippen LogP contribution in [0.3, 0.4) is 0 Å². The number of ether oxygens (including phenoxy) is 3. The first-order chi connectivity index (χ1) is 9.67. The molecule has 114 valence electrons. The van der Waals surface area contributed by atoms with E-state index in [0.717, 1.165) is 12.8 Å². The highest BCUT2D eigenvalue weighted by molar-refractivity contribution is 7.68. The van der Waals surface area contributed by atoms with E-state index >= 15 is 0 Å². The van der Waals surface area contributed by atoms with E-state index < -0.39 is 19.5 Å². The van der Waals surface area contributed by atoms with Crippen LogP contribution in [0.2, 0.25) is 0 Å². The van der Waals surface area contributed by atoms with Crippen LogP contribution < -0.4 is 5.30 Å². The average Bonchev–Trinajstić information content (AvgIpc) is 2.24. The Morgan fingerprint density at radius 2 is 1.38 bits per heavy atom. The fourth-order valence-corrected chi connectivity index (χ4v) is 9.05. The van der Waals surface area contributed by atoms with Crippen molar-refractivity contribution in [3.05, 3.63) is 29.8 Å². The van der Waals surface area contributed by atoms with Crippen molar-refractivity contribution in [1.29, 1.82) is 0 Å². The summed E-state index contributed by atoms with van der Waals surface area (Å²) in [6.07, 6.45) is 1.59. The molecule has 4 atom stereocenters. The van der Waals surface area contributed by atoms with E-state index in [2.05, 4.69) is 58.9 Å². The van der Waals surface area contributed by atoms with E-state index in [4.69, 9.17) is 14.2 Å². The molecule has 1 aromatic rings. The Morgan fingerprint density at radius 3 is 1.90 bits per heavy atom. The Hall–Kier alpha value is -0.470. The van der Waals surface area contributed by atoms with Gasteiger partial charge < -0.3 is 14.2 Å². The van der Waals surface area contributed by atoms with Crippen LogP contribution in [0, 0.1) is 6.92 Å². The molecular formula is C17H23O3P. The first-order valence-corrected chi connectivity index (χ1v) is 8.98. The zero-order valence-electron chi connectivity index (χ0n) is 13.4. The van der Waals surface area contributed by atoms with Gasteiger partial charge in [0.25, 0.3) is 0 Å². The summed E-state index contributed by atoms with van der Waals surface area (Å²) in [7, 11) is -0.574. The van der Waals surface area contributed by atoms with E-state index in [9.17, 15) is 0 Å². The van der Waals surface area contributed by atoms with Crippen LogP contribution in [0.4, 0.5) is 0 Å². The third kappa shape index (κ3) is 1.88. The van der Waals surface area contributed by atoms with Gasteiger partial charge >= 0.3 is 0 Å². The molecule has 4 aliphatic rings. The Kier molecular flexibility index (Phi) is 2.62. The van der Waals surface area contributed by atoms with Crippen LogP contribution in [0.15, 0.2) is 24.3 Å². The number of rotatable bonds is 1. The lowest BCUT2D eigenvalue weighted by Crippen LogP contribution is -2.72. The zero-order chi connectivity index (χ0) is 15.1. The maximum absolute atomic E-state index is 6.48. The van der Waals surface area contributed by atoms with Gasteiger partial charge in [-0.25, -0.2) is 0 Å². The molecule has 5 rings (SSSR count). The Labute approximate surface area is 127 Å². The van der Waals surface area contributed by atoms with Crippen molar-refractivity contribution in [2.45, 2.75) is 69.7 Å². The maximum atomic E-state index is 6.48. The molecule has 0 N–H and O–H groups in total. The minimum Gasteiger partial charge on any atom is -0.339 e. The zero-order valence-corrected chi connectivity index (χ0v) is 14.3. The van der Waals surface area contributed by atoms with Crippen molar-refractivity contribution < 1.29 is 14.2 Å². The lowest BCUT2D eigenvalue weighted by Gasteiger charge is -2.69. The maximum Gasteiger partial charge on any atom is 0.173 e. The molecule has 4 aliphatic heterocycles. The van der Waals surface area contributed by atoms with Crippen molar-refractivity contribution in [3.63, 3.8) is 0 Å². The first kappa shape index (κ1) is 14.1. The van der Waals surface area contributed by atoms with Crippen LogP contribution in [-0.2, 0) is 14.2 Å². The fourth-order valence-electron chi connectivity index (χ4n) is 4.91. The SMILES string of the molecule is Cc1ccccc1P1C2(C)CC3(C)OC(C)(CC1(C)O3)O2. The van der Waals surface area contributed by atoms with Gasteiger partial charge in [-0.05, 0) is 53.4 Å². The molecule has 4 unspecified atom stereocenters. The molecule has 4 fully saturated rings. The molecule has 4 bridgehead atoms. The van der Waals surface area contributed by atoms with Crippen LogP contribution >= 0.6 is 7.92 Å². The standard InChI is InChI=1S/C17H23O3P/c1-12-8-6-7-9-13(12)21-16(4)10-14(2)18-15(3,20-16)11-17(21,5)19-14/h6-9H,10-11H2,1-5H3. The van der Waals surface area contributed by atoms with E-state index in [1.807, 2.05) is 0 Å². The van der Waals surface area contributed by atoms with Crippen molar-refractivity contribution in [2.24, 2.45) is 0 Å². The van der Waals surface area contributed by atoms with Crippen LogP contribution in [0.5, 0.6) is 0 Å². The first-order valence-electron chi connectivity index (χ1n) is 7.64. The summed E-state index contributed by atoms with van der Waals surface area (Å²) in [6, 6.07) is 8.67. The van der Waals surface area contributed by atoms with Gasteiger partial charge in [0.15, 0.2) is 11.6 Å². The summed E-state index contributed by atoms with van der Waals surface area (Å²) in [5, 5.41) is 1.03. The predicted octanol–water partition coefficient (Wildman–Crippen LogP) is 3.84. The van der Waals surface area contributed by atoms with Crippen LogP contribution in [0.25, 0.3) is 0 Å². The molecule has 4 heteroatoms. The normalized spacial score (nSPS) is 51.4. The van der Waals surface area contributed by atoms with Crippen molar-refractivity contribution in [2.75, 3.05) is 0 Å². The fraction of sp³-hybridized carbons (Fsp3) is 0.647. The van der Waals surface area contributed by atoms with E-state index in [0.29, 0.717) is 0 Å². The number of benzene rings is 1. The predicted molar refractivity (Wildman–Crippen MR) is 83.8 cm³/mol. The monoisotopic (exact) mass is 306 g/mol. The third-order valence-electron chi connectivity index (χ3n) is 4.90. The van der Waals surface area contributed by atoms with Gasteiger partial charge in [-0.3, -0.25) is 0 Å². The number of aryl methyl sites for hydroxylation is 1. The summed E-state index contributed by atoms with van der Waals surface area (Å²) < 4.78 is 19.1. The second-order valence-electron chi connectivity index (χ2n) is 7.40. The van der Waals surface area contributed by atoms with E-state index in [-0.39, 0.29) is 10.7 Å². The Balaban J connectivity index is 1.89. The van der Waals surface area contributed by atoms with Gasteiger partial charge in [0, 0.05) is 12.8 Å². The van der Waals surface area contributed by atoms with Crippen molar-refractivity contribution in [1.82, 2.24) is 0 Å². The lowest BCUT2D eigenvalue weighted by atomic mass is 9.98. The molecule has 4 heterocycles. The lowest BCUT2D eigenvalue weighted by molar-refractivity contribution is -0.467. The molecule has 0 radical (unpaired) electrons.